The van der Waals surface area contributed by atoms with Crippen LogP contribution in [0.2, 0.25) is 0 Å². The normalized spacial score (nSPS) is 24.9. The van der Waals surface area contributed by atoms with E-state index in [0.29, 0.717) is 0 Å². The van der Waals surface area contributed by atoms with Crippen molar-refractivity contribution in [2.24, 2.45) is 16.1 Å². The predicted molar refractivity (Wildman–Crippen MR) is 68.8 cm³/mol. The first-order valence-corrected chi connectivity index (χ1v) is 7.06. The van der Waals surface area contributed by atoms with Crippen LogP contribution in [-0.4, -0.2) is 24.7 Å². The van der Waals surface area contributed by atoms with Crippen LogP contribution in [0.3, 0.4) is 0 Å². The molecular formula is C13H22F3N3. The van der Waals surface area contributed by atoms with Gasteiger partial charge in [-0.25, -0.2) is 0 Å². The molecule has 3 N–H and O–H groups in total. The molecule has 110 valence electrons. The van der Waals surface area contributed by atoms with E-state index in [1.807, 2.05) is 0 Å². The molecule has 0 aromatic carbocycles. The molecule has 2 aliphatic carbocycles. The first-order valence-electron chi connectivity index (χ1n) is 7.06. The van der Waals surface area contributed by atoms with Crippen LogP contribution in [0, 0.1) is 5.41 Å². The van der Waals surface area contributed by atoms with Crippen LogP contribution in [0.4, 0.5) is 13.2 Å². The topological polar surface area (TPSA) is 50.4 Å². The zero-order chi connectivity index (χ0) is 13.9. The SMILES string of the molecule is NC(=NCC1(C(F)(F)F)CC1)NC1CCCCCC1. The fraction of sp³-hybridized carbons (Fsp3) is 0.923. The van der Waals surface area contributed by atoms with E-state index in [-0.39, 0.29) is 31.4 Å². The number of halogens is 3. The maximum absolute atomic E-state index is 12.7. The second-order valence-electron chi connectivity index (χ2n) is 5.81. The van der Waals surface area contributed by atoms with Crippen LogP contribution in [0.1, 0.15) is 51.4 Å². The van der Waals surface area contributed by atoms with E-state index >= 15 is 0 Å². The third-order valence-electron chi connectivity index (χ3n) is 4.21. The van der Waals surface area contributed by atoms with Crippen molar-refractivity contribution in [1.82, 2.24) is 5.32 Å². The van der Waals surface area contributed by atoms with Crippen LogP contribution >= 0.6 is 0 Å². The van der Waals surface area contributed by atoms with E-state index < -0.39 is 11.6 Å². The molecule has 6 heteroatoms. The lowest BCUT2D eigenvalue weighted by molar-refractivity contribution is -0.183. The third kappa shape index (κ3) is 3.76. The Morgan fingerprint density at radius 2 is 1.74 bits per heavy atom. The summed E-state index contributed by atoms with van der Waals surface area (Å²) in [5.41, 5.74) is 4.11. The van der Waals surface area contributed by atoms with Crippen molar-refractivity contribution >= 4 is 5.96 Å². The molecule has 0 saturated heterocycles. The van der Waals surface area contributed by atoms with Crippen molar-refractivity contribution < 1.29 is 13.2 Å². The molecule has 2 aliphatic rings. The van der Waals surface area contributed by atoms with Crippen molar-refractivity contribution in [2.45, 2.75) is 63.6 Å². The molecule has 0 unspecified atom stereocenters. The quantitative estimate of drug-likeness (QED) is 0.473. The summed E-state index contributed by atoms with van der Waals surface area (Å²) in [6.07, 6.45) is 3.02. The van der Waals surface area contributed by atoms with Crippen LogP contribution in [0.15, 0.2) is 4.99 Å². The Bertz CT molecular complexity index is 327. The standard InChI is InChI=1S/C13H22F3N3/c14-13(15,16)12(7-8-12)9-18-11(17)19-10-5-3-1-2-4-6-10/h10H,1-9H2,(H3,17,18,19). The molecular weight excluding hydrogens is 255 g/mol. The first kappa shape index (κ1) is 14.5. The molecule has 3 nitrogen and oxygen atoms in total. The highest BCUT2D eigenvalue weighted by Gasteiger charge is 2.63. The van der Waals surface area contributed by atoms with E-state index in [1.54, 1.807) is 0 Å². The van der Waals surface area contributed by atoms with E-state index in [2.05, 4.69) is 10.3 Å². The van der Waals surface area contributed by atoms with Gasteiger partial charge in [0.2, 0.25) is 0 Å². The smallest absolute Gasteiger partial charge is 0.370 e. The summed E-state index contributed by atoms with van der Waals surface area (Å²) in [5.74, 6) is 0.169. The van der Waals surface area contributed by atoms with E-state index in [0.717, 1.165) is 25.7 Å². The number of hydrogen-bond donors (Lipinski definition) is 2. The van der Waals surface area contributed by atoms with Gasteiger partial charge in [0.25, 0.3) is 0 Å². The molecule has 2 rings (SSSR count). The minimum atomic E-state index is -4.15. The minimum absolute atomic E-state index is 0.169. The van der Waals surface area contributed by atoms with Crippen molar-refractivity contribution in [3.05, 3.63) is 0 Å². The average molecular weight is 277 g/mol. The second-order valence-corrected chi connectivity index (χ2v) is 5.81. The molecule has 0 aromatic heterocycles. The molecule has 0 bridgehead atoms. The van der Waals surface area contributed by atoms with Gasteiger partial charge < -0.3 is 11.1 Å². The van der Waals surface area contributed by atoms with Crippen LogP contribution in [-0.2, 0) is 0 Å². The van der Waals surface area contributed by atoms with Crippen molar-refractivity contribution in [1.29, 1.82) is 0 Å². The molecule has 2 saturated carbocycles. The Kier molecular flexibility index (Phi) is 4.26. The minimum Gasteiger partial charge on any atom is -0.370 e. The Morgan fingerprint density at radius 1 is 1.16 bits per heavy atom. The Hall–Kier alpha value is -0.940. The van der Waals surface area contributed by atoms with Gasteiger partial charge in [-0.05, 0) is 25.7 Å². The summed E-state index contributed by atoms with van der Waals surface area (Å²) in [6.45, 7) is -0.234. The van der Waals surface area contributed by atoms with Crippen molar-refractivity contribution in [3.63, 3.8) is 0 Å². The molecule has 19 heavy (non-hydrogen) atoms. The fourth-order valence-corrected chi connectivity index (χ4v) is 2.60. The molecule has 0 heterocycles. The molecule has 2 fully saturated rings. The van der Waals surface area contributed by atoms with Crippen molar-refractivity contribution in [2.75, 3.05) is 6.54 Å². The lowest BCUT2D eigenvalue weighted by Crippen LogP contribution is -2.40. The van der Waals surface area contributed by atoms with E-state index in [9.17, 15) is 13.2 Å². The summed E-state index contributed by atoms with van der Waals surface area (Å²) in [4.78, 5) is 3.91. The lowest BCUT2D eigenvalue weighted by atomic mass is 10.1. The van der Waals surface area contributed by atoms with Crippen LogP contribution < -0.4 is 11.1 Å². The van der Waals surface area contributed by atoms with Gasteiger partial charge in [-0.3, -0.25) is 4.99 Å². The number of nitrogens with zero attached hydrogens (tertiary/aromatic N) is 1. The summed E-state index contributed by atoms with van der Waals surface area (Å²) < 4.78 is 38.2. The summed E-state index contributed by atoms with van der Waals surface area (Å²) in [6, 6.07) is 0.271. The molecule has 0 aliphatic heterocycles. The highest BCUT2D eigenvalue weighted by Crippen LogP contribution is 2.57. The number of nitrogens with one attached hydrogen (secondary N) is 1. The first-order chi connectivity index (χ1) is 8.93. The van der Waals surface area contributed by atoms with Gasteiger partial charge in [-0.1, -0.05) is 25.7 Å². The number of hydrogen-bond acceptors (Lipinski definition) is 1. The number of aliphatic imine (C=N–C) groups is 1. The van der Waals surface area contributed by atoms with E-state index in [4.69, 9.17) is 5.73 Å². The van der Waals surface area contributed by atoms with Crippen LogP contribution in [0.25, 0.3) is 0 Å². The average Bonchev–Trinajstić information content (AvgIpc) is 3.11. The zero-order valence-electron chi connectivity index (χ0n) is 11.1. The molecule has 0 amide bonds. The monoisotopic (exact) mass is 277 g/mol. The van der Waals surface area contributed by atoms with Gasteiger partial charge in [0.1, 0.15) is 0 Å². The van der Waals surface area contributed by atoms with Gasteiger partial charge in [0, 0.05) is 6.04 Å². The van der Waals surface area contributed by atoms with Gasteiger partial charge in [0.15, 0.2) is 5.96 Å². The lowest BCUT2D eigenvalue weighted by Gasteiger charge is -2.19. The Morgan fingerprint density at radius 3 is 2.21 bits per heavy atom. The number of nitrogens with two attached hydrogens (primary N) is 1. The third-order valence-corrected chi connectivity index (χ3v) is 4.21. The Balaban J connectivity index is 1.82. The van der Waals surface area contributed by atoms with Crippen LogP contribution in [0.5, 0.6) is 0 Å². The maximum atomic E-state index is 12.7. The molecule has 0 spiro atoms. The molecule has 0 aromatic rings. The fourth-order valence-electron chi connectivity index (χ4n) is 2.60. The number of rotatable bonds is 3. The number of alkyl halides is 3. The Labute approximate surface area is 111 Å². The zero-order valence-corrected chi connectivity index (χ0v) is 11.1. The highest BCUT2D eigenvalue weighted by atomic mass is 19.4. The van der Waals surface area contributed by atoms with E-state index in [1.165, 1.54) is 12.8 Å². The maximum Gasteiger partial charge on any atom is 0.396 e. The summed E-state index contributed by atoms with van der Waals surface area (Å²) in [7, 11) is 0. The van der Waals surface area contributed by atoms with Gasteiger partial charge >= 0.3 is 6.18 Å². The largest absolute Gasteiger partial charge is 0.396 e. The number of guanidine groups is 1. The van der Waals surface area contributed by atoms with Gasteiger partial charge in [-0.2, -0.15) is 13.2 Å². The molecule has 0 atom stereocenters. The second kappa shape index (κ2) is 5.59. The van der Waals surface area contributed by atoms with Gasteiger partial charge in [0.05, 0.1) is 12.0 Å². The summed E-state index contributed by atoms with van der Waals surface area (Å²) in [5, 5.41) is 3.07. The summed E-state index contributed by atoms with van der Waals surface area (Å²) >= 11 is 0. The highest BCUT2D eigenvalue weighted by molar-refractivity contribution is 5.78. The predicted octanol–water partition coefficient (Wildman–Crippen LogP) is 2.96. The van der Waals surface area contributed by atoms with Crippen molar-refractivity contribution in [3.8, 4) is 0 Å². The molecule has 0 radical (unpaired) electrons. The van der Waals surface area contributed by atoms with Gasteiger partial charge in [-0.15, -0.1) is 0 Å².